The molecule has 0 bridgehead atoms. The lowest BCUT2D eigenvalue weighted by Gasteiger charge is -2.13. The first-order chi connectivity index (χ1) is 8.25. The van der Waals surface area contributed by atoms with E-state index in [1.54, 1.807) is 6.92 Å². The van der Waals surface area contributed by atoms with E-state index < -0.39 is 11.9 Å². The summed E-state index contributed by atoms with van der Waals surface area (Å²) in [4.78, 5) is 11.2. The molecule has 90 valence electrons. The smallest absolute Gasteiger partial charge is 0.312 e. The van der Waals surface area contributed by atoms with Gasteiger partial charge in [-0.3, -0.25) is 4.79 Å². The Morgan fingerprint density at radius 1 is 1.41 bits per heavy atom. The minimum Gasteiger partial charge on any atom is -0.481 e. The number of carboxylic acids is 1. The number of hydrogen-bond acceptors (Lipinski definition) is 2. The lowest BCUT2D eigenvalue weighted by atomic mass is 9.99. The van der Waals surface area contributed by atoms with Gasteiger partial charge in [0.25, 0.3) is 0 Å². The summed E-state index contributed by atoms with van der Waals surface area (Å²) in [5.41, 5.74) is 0.828. The maximum atomic E-state index is 11.2. The molecule has 0 aliphatic rings. The Morgan fingerprint density at radius 3 is 2.71 bits per heavy atom. The molecule has 0 amide bonds. The summed E-state index contributed by atoms with van der Waals surface area (Å²) in [5, 5.41) is 12.3. The predicted molar refractivity (Wildman–Crippen MR) is 67.8 cm³/mol. The highest BCUT2D eigenvalue weighted by Crippen LogP contribution is 2.14. The largest absolute Gasteiger partial charge is 0.481 e. The summed E-state index contributed by atoms with van der Waals surface area (Å²) < 4.78 is 0. The Bertz CT molecular complexity index is 403. The van der Waals surface area contributed by atoms with Gasteiger partial charge in [-0.2, -0.15) is 0 Å². The highest BCUT2D eigenvalue weighted by atomic mass is 16.4. The molecular formula is C14H17NO2. The van der Waals surface area contributed by atoms with Crippen molar-refractivity contribution in [2.24, 2.45) is 0 Å². The van der Waals surface area contributed by atoms with Gasteiger partial charge in [-0.1, -0.05) is 30.3 Å². The molecule has 0 aromatic heterocycles. The molecule has 1 atom stereocenters. The van der Waals surface area contributed by atoms with E-state index in [9.17, 15) is 4.79 Å². The molecule has 1 aromatic carbocycles. The molecular weight excluding hydrogens is 214 g/mol. The SMILES string of the molecule is CC#CCCNCC(C(=O)O)c1ccccc1. The lowest BCUT2D eigenvalue weighted by Crippen LogP contribution is -2.27. The van der Waals surface area contributed by atoms with Crippen LogP contribution in [0.15, 0.2) is 30.3 Å². The summed E-state index contributed by atoms with van der Waals surface area (Å²) in [6, 6.07) is 9.27. The number of benzene rings is 1. The van der Waals surface area contributed by atoms with Gasteiger partial charge in [0, 0.05) is 19.5 Å². The number of rotatable bonds is 6. The van der Waals surface area contributed by atoms with Crippen molar-refractivity contribution in [3.8, 4) is 11.8 Å². The van der Waals surface area contributed by atoms with E-state index in [1.165, 1.54) is 0 Å². The molecule has 0 spiro atoms. The summed E-state index contributed by atoms with van der Waals surface area (Å²) in [5.74, 6) is 4.44. The van der Waals surface area contributed by atoms with Crippen LogP contribution in [0.5, 0.6) is 0 Å². The second-order valence-corrected chi connectivity index (χ2v) is 3.68. The van der Waals surface area contributed by atoms with E-state index in [0.29, 0.717) is 6.54 Å². The van der Waals surface area contributed by atoms with Crippen LogP contribution in [-0.2, 0) is 4.79 Å². The normalized spacial score (nSPS) is 11.4. The minimum absolute atomic E-state index is 0.435. The second-order valence-electron chi connectivity index (χ2n) is 3.68. The van der Waals surface area contributed by atoms with Crippen molar-refractivity contribution in [3.05, 3.63) is 35.9 Å². The van der Waals surface area contributed by atoms with Crippen LogP contribution >= 0.6 is 0 Å². The van der Waals surface area contributed by atoms with Gasteiger partial charge in [-0.25, -0.2) is 0 Å². The molecule has 0 aliphatic carbocycles. The quantitative estimate of drug-likeness (QED) is 0.580. The van der Waals surface area contributed by atoms with E-state index in [1.807, 2.05) is 30.3 Å². The van der Waals surface area contributed by atoms with Crippen molar-refractivity contribution in [2.45, 2.75) is 19.3 Å². The van der Waals surface area contributed by atoms with Crippen molar-refractivity contribution in [1.82, 2.24) is 5.32 Å². The third kappa shape index (κ3) is 4.71. The van der Waals surface area contributed by atoms with Gasteiger partial charge in [0.05, 0.1) is 5.92 Å². The third-order valence-electron chi connectivity index (χ3n) is 2.45. The molecule has 0 radical (unpaired) electrons. The van der Waals surface area contributed by atoms with Crippen molar-refractivity contribution < 1.29 is 9.90 Å². The first-order valence-corrected chi connectivity index (χ1v) is 5.63. The number of hydrogen-bond donors (Lipinski definition) is 2. The van der Waals surface area contributed by atoms with E-state index >= 15 is 0 Å². The first kappa shape index (κ1) is 13.3. The molecule has 2 N–H and O–H groups in total. The van der Waals surface area contributed by atoms with Crippen molar-refractivity contribution in [3.63, 3.8) is 0 Å². The standard InChI is InChI=1S/C14H17NO2/c1-2-3-7-10-15-11-13(14(16)17)12-8-5-4-6-9-12/h4-6,8-9,13,15H,7,10-11H2,1H3,(H,16,17). The molecule has 0 heterocycles. The van der Waals surface area contributed by atoms with Gasteiger partial charge in [-0.15, -0.1) is 11.8 Å². The number of carboxylic acid groups (broad SMARTS) is 1. The van der Waals surface area contributed by atoms with E-state index in [-0.39, 0.29) is 0 Å². The maximum absolute atomic E-state index is 11.2. The Morgan fingerprint density at radius 2 is 2.12 bits per heavy atom. The van der Waals surface area contributed by atoms with Crippen LogP contribution in [0.3, 0.4) is 0 Å². The summed E-state index contributed by atoms with van der Waals surface area (Å²) >= 11 is 0. The highest BCUT2D eigenvalue weighted by molar-refractivity contribution is 5.76. The van der Waals surface area contributed by atoms with Crippen LogP contribution in [-0.4, -0.2) is 24.2 Å². The van der Waals surface area contributed by atoms with Crippen LogP contribution in [0.1, 0.15) is 24.8 Å². The van der Waals surface area contributed by atoms with Crippen LogP contribution < -0.4 is 5.32 Å². The highest BCUT2D eigenvalue weighted by Gasteiger charge is 2.18. The van der Waals surface area contributed by atoms with Gasteiger partial charge >= 0.3 is 5.97 Å². The van der Waals surface area contributed by atoms with Gasteiger partial charge in [0.2, 0.25) is 0 Å². The molecule has 0 aliphatic heterocycles. The molecule has 3 heteroatoms. The van der Waals surface area contributed by atoms with Crippen LogP contribution in [0.25, 0.3) is 0 Å². The second kappa shape index (κ2) is 7.48. The summed E-state index contributed by atoms with van der Waals surface area (Å²) in [6.07, 6.45) is 0.748. The molecule has 1 unspecified atom stereocenters. The average molecular weight is 231 g/mol. The summed E-state index contributed by atoms with van der Waals surface area (Å²) in [6.45, 7) is 2.95. The van der Waals surface area contributed by atoms with Crippen molar-refractivity contribution in [1.29, 1.82) is 0 Å². The minimum atomic E-state index is -0.801. The molecule has 0 saturated carbocycles. The fraction of sp³-hybridized carbons (Fsp3) is 0.357. The number of carbonyl (C=O) groups is 1. The van der Waals surface area contributed by atoms with Crippen LogP contribution in [0.4, 0.5) is 0 Å². The van der Waals surface area contributed by atoms with Crippen molar-refractivity contribution >= 4 is 5.97 Å². The molecule has 0 saturated heterocycles. The van der Waals surface area contributed by atoms with E-state index in [4.69, 9.17) is 5.11 Å². The van der Waals surface area contributed by atoms with Crippen LogP contribution in [0.2, 0.25) is 0 Å². The molecule has 0 fully saturated rings. The maximum Gasteiger partial charge on any atom is 0.312 e. The number of aliphatic carboxylic acids is 1. The molecule has 1 aromatic rings. The monoisotopic (exact) mass is 231 g/mol. The summed E-state index contributed by atoms with van der Waals surface area (Å²) in [7, 11) is 0. The van der Waals surface area contributed by atoms with E-state index in [0.717, 1.165) is 18.5 Å². The van der Waals surface area contributed by atoms with Gasteiger partial charge < -0.3 is 10.4 Å². The predicted octanol–water partition coefficient (Wildman–Crippen LogP) is 1.86. The lowest BCUT2D eigenvalue weighted by molar-refractivity contribution is -0.138. The fourth-order valence-corrected chi connectivity index (χ4v) is 1.56. The molecule has 17 heavy (non-hydrogen) atoms. The zero-order valence-electron chi connectivity index (χ0n) is 9.94. The number of nitrogens with one attached hydrogen (secondary N) is 1. The van der Waals surface area contributed by atoms with E-state index in [2.05, 4.69) is 17.2 Å². The third-order valence-corrected chi connectivity index (χ3v) is 2.45. The Kier molecular flexibility index (Phi) is 5.84. The first-order valence-electron chi connectivity index (χ1n) is 5.63. The Balaban J connectivity index is 2.50. The topological polar surface area (TPSA) is 49.3 Å². The van der Waals surface area contributed by atoms with Gasteiger partial charge in [0.15, 0.2) is 0 Å². The van der Waals surface area contributed by atoms with Gasteiger partial charge in [0.1, 0.15) is 0 Å². The van der Waals surface area contributed by atoms with Gasteiger partial charge in [-0.05, 0) is 12.5 Å². The average Bonchev–Trinajstić information content (AvgIpc) is 2.34. The molecule has 3 nitrogen and oxygen atoms in total. The van der Waals surface area contributed by atoms with Crippen molar-refractivity contribution in [2.75, 3.05) is 13.1 Å². The Hall–Kier alpha value is -1.79. The fourth-order valence-electron chi connectivity index (χ4n) is 1.56. The zero-order chi connectivity index (χ0) is 12.5. The molecule has 1 rings (SSSR count). The van der Waals surface area contributed by atoms with Crippen LogP contribution in [0, 0.1) is 11.8 Å². The Labute approximate surface area is 102 Å². The zero-order valence-corrected chi connectivity index (χ0v) is 9.94.